The summed E-state index contributed by atoms with van der Waals surface area (Å²) in [4.78, 5) is 24.2. The van der Waals surface area contributed by atoms with Crippen LogP contribution in [0.5, 0.6) is 11.5 Å². The third-order valence-electron chi connectivity index (χ3n) is 3.53. The van der Waals surface area contributed by atoms with E-state index in [0.29, 0.717) is 41.9 Å². The number of hydrogen-bond donors (Lipinski definition) is 2. The first-order valence-corrected chi connectivity index (χ1v) is 7.32. The fraction of sp³-hybridized carbons (Fsp3) is 0.375. The summed E-state index contributed by atoms with van der Waals surface area (Å²) in [6.45, 7) is 1.12. The normalized spacial score (nSPS) is 10.6. The van der Waals surface area contributed by atoms with Gasteiger partial charge in [-0.15, -0.1) is 0 Å². The molecule has 0 saturated heterocycles. The van der Waals surface area contributed by atoms with Crippen molar-refractivity contribution in [2.24, 2.45) is 5.73 Å². The Bertz CT molecular complexity index is 755. The van der Waals surface area contributed by atoms with Crippen LogP contribution in [0.25, 0.3) is 10.8 Å². The van der Waals surface area contributed by atoms with E-state index in [1.807, 2.05) is 0 Å². The van der Waals surface area contributed by atoms with Crippen LogP contribution < -0.4 is 26.1 Å². The van der Waals surface area contributed by atoms with Gasteiger partial charge >= 0.3 is 0 Å². The second-order valence-corrected chi connectivity index (χ2v) is 4.99. The number of carbonyl (C=O) groups is 1. The van der Waals surface area contributed by atoms with E-state index in [2.05, 4.69) is 5.32 Å². The Kier molecular flexibility index (Phi) is 5.59. The van der Waals surface area contributed by atoms with Crippen LogP contribution in [0, 0.1) is 0 Å². The largest absolute Gasteiger partial charge is 0.497 e. The second-order valence-electron chi connectivity index (χ2n) is 4.99. The van der Waals surface area contributed by atoms with E-state index in [1.165, 1.54) is 11.7 Å². The van der Waals surface area contributed by atoms with E-state index in [4.69, 9.17) is 15.2 Å². The number of carbonyl (C=O) groups excluding carboxylic acids is 1. The molecule has 0 aliphatic rings. The second kappa shape index (κ2) is 7.64. The van der Waals surface area contributed by atoms with E-state index in [-0.39, 0.29) is 17.9 Å². The lowest BCUT2D eigenvalue weighted by atomic mass is 10.1. The van der Waals surface area contributed by atoms with Gasteiger partial charge < -0.3 is 25.1 Å². The Morgan fingerprint density at radius 1 is 1.26 bits per heavy atom. The summed E-state index contributed by atoms with van der Waals surface area (Å²) in [6, 6.07) is 5.20. The van der Waals surface area contributed by atoms with Gasteiger partial charge in [-0.05, 0) is 12.1 Å². The summed E-state index contributed by atoms with van der Waals surface area (Å²) in [6.07, 6.45) is 1.88. The van der Waals surface area contributed by atoms with Gasteiger partial charge in [-0.3, -0.25) is 9.59 Å². The molecule has 2 rings (SSSR count). The number of fused-ring (bicyclic) bond motifs is 1. The van der Waals surface area contributed by atoms with Crippen molar-refractivity contribution in [2.75, 3.05) is 27.3 Å². The Balaban J connectivity index is 2.31. The molecule has 1 aromatic carbocycles. The molecule has 7 heteroatoms. The van der Waals surface area contributed by atoms with Gasteiger partial charge in [0.1, 0.15) is 11.5 Å². The number of aryl methyl sites for hydroxylation is 1. The number of methoxy groups -OCH3 is 2. The maximum absolute atomic E-state index is 12.6. The number of ether oxygens (including phenoxy) is 2. The zero-order valence-corrected chi connectivity index (χ0v) is 13.3. The molecular formula is C16H21N3O4. The van der Waals surface area contributed by atoms with E-state index in [1.54, 1.807) is 31.5 Å². The number of rotatable bonds is 7. The number of nitrogens with two attached hydrogens (primary N) is 1. The lowest BCUT2D eigenvalue weighted by Gasteiger charge is -2.11. The first-order chi connectivity index (χ1) is 11.1. The number of aromatic nitrogens is 1. The molecule has 0 spiro atoms. The van der Waals surface area contributed by atoms with Crippen molar-refractivity contribution < 1.29 is 14.3 Å². The third-order valence-corrected chi connectivity index (χ3v) is 3.53. The molecule has 2 aromatic rings. The van der Waals surface area contributed by atoms with E-state index < -0.39 is 0 Å². The highest BCUT2D eigenvalue weighted by atomic mass is 16.5. The molecule has 23 heavy (non-hydrogen) atoms. The summed E-state index contributed by atoms with van der Waals surface area (Å²) < 4.78 is 12.0. The number of hydrogen-bond acceptors (Lipinski definition) is 5. The zero-order valence-electron chi connectivity index (χ0n) is 13.3. The Hall–Kier alpha value is -2.54. The van der Waals surface area contributed by atoms with Gasteiger partial charge in [0, 0.05) is 43.7 Å². The predicted molar refractivity (Wildman–Crippen MR) is 88.0 cm³/mol. The molecule has 0 aliphatic heterocycles. The van der Waals surface area contributed by atoms with E-state index in [0.717, 1.165) is 0 Å². The van der Waals surface area contributed by atoms with Crippen molar-refractivity contribution >= 4 is 16.7 Å². The summed E-state index contributed by atoms with van der Waals surface area (Å²) in [5, 5.41) is 3.88. The van der Waals surface area contributed by atoms with Gasteiger partial charge in [-0.25, -0.2) is 0 Å². The fourth-order valence-corrected chi connectivity index (χ4v) is 2.32. The topological polar surface area (TPSA) is 95.6 Å². The quantitative estimate of drug-likeness (QED) is 0.774. The zero-order chi connectivity index (χ0) is 16.8. The number of nitrogens with zero attached hydrogens (tertiary/aromatic N) is 1. The molecule has 1 aromatic heterocycles. The van der Waals surface area contributed by atoms with Crippen molar-refractivity contribution in [3.8, 4) is 11.5 Å². The van der Waals surface area contributed by atoms with E-state index >= 15 is 0 Å². The SMILES string of the molecule is COc1cc(OC)c2ccn(CCC(=O)NCCN)c(=O)c2c1. The molecule has 0 saturated carbocycles. The van der Waals surface area contributed by atoms with Crippen LogP contribution in [-0.4, -0.2) is 37.8 Å². The summed E-state index contributed by atoms with van der Waals surface area (Å²) in [7, 11) is 3.07. The molecule has 0 bridgehead atoms. The highest BCUT2D eigenvalue weighted by Crippen LogP contribution is 2.28. The summed E-state index contributed by atoms with van der Waals surface area (Å²) >= 11 is 0. The van der Waals surface area contributed by atoms with Crippen LogP contribution in [0.15, 0.2) is 29.2 Å². The summed E-state index contributed by atoms with van der Waals surface area (Å²) in [5.74, 6) is 0.986. The minimum absolute atomic E-state index is 0.134. The fourth-order valence-electron chi connectivity index (χ4n) is 2.32. The van der Waals surface area contributed by atoms with Crippen LogP contribution in [0.1, 0.15) is 6.42 Å². The average Bonchev–Trinajstić information content (AvgIpc) is 2.58. The highest BCUT2D eigenvalue weighted by molar-refractivity contribution is 5.89. The lowest BCUT2D eigenvalue weighted by Crippen LogP contribution is -2.30. The molecule has 0 aliphatic carbocycles. The van der Waals surface area contributed by atoms with Crippen LogP contribution in [0.4, 0.5) is 0 Å². The summed E-state index contributed by atoms with van der Waals surface area (Å²) in [5.41, 5.74) is 5.14. The van der Waals surface area contributed by atoms with Crippen molar-refractivity contribution in [2.45, 2.75) is 13.0 Å². The first-order valence-electron chi connectivity index (χ1n) is 7.32. The molecule has 0 unspecified atom stereocenters. The minimum Gasteiger partial charge on any atom is -0.497 e. The maximum Gasteiger partial charge on any atom is 0.258 e. The van der Waals surface area contributed by atoms with E-state index in [9.17, 15) is 9.59 Å². The Morgan fingerprint density at radius 2 is 2.04 bits per heavy atom. The first kappa shape index (κ1) is 16.8. The Labute approximate surface area is 134 Å². The van der Waals surface area contributed by atoms with Crippen LogP contribution in [0.3, 0.4) is 0 Å². The molecule has 3 N–H and O–H groups in total. The standard InChI is InChI=1S/C16H21N3O4/c1-22-11-9-13-12(14(10-11)23-2)3-7-19(16(13)21)8-4-15(20)18-6-5-17/h3,7,9-10H,4-6,8,17H2,1-2H3,(H,18,20). The van der Waals surface area contributed by atoms with Crippen molar-refractivity contribution in [1.82, 2.24) is 9.88 Å². The van der Waals surface area contributed by atoms with Crippen molar-refractivity contribution in [3.05, 3.63) is 34.7 Å². The molecule has 1 amide bonds. The number of pyridine rings is 1. The van der Waals surface area contributed by atoms with Crippen molar-refractivity contribution in [3.63, 3.8) is 0 Å². The molecule has 0 fully saturated rings. The average molecular weight is 319 g/mol. The molecule has 1 heterocycles. The molecule has 124 valence electrons. The number of benzene rings is 1. The Morgan fingerprint density at radius 3 is 2.70 bits per heavy atom. The maximum atomic E-state index is 12.6. The molecule has 0 atom stereocenters. The van der Waals surface area contributed by atoms with Gasteiger partial charge in [0.05, 0.1) is 19.6 Å². The van der Waals surface area contributed by atoms with Gasteiger partial charge in [0.15, 0.2) is 0 Å². The van der Waals surface area contributed by atoms with Gasteiger partial charge in [0.2, 0.25) is 5.91 Å². The van der Waals surface area contributed by atoms with Gasteiger partial charge in [-0.1, -0.05) is 0 Å². The van der Waals surface area contributed by atoms with Crippen molar-refractivity contribution in [1.29, 1.82) is 0 Å². The minimum atomic E-state index is -0.189. The number of nitrogens with one attached hydrogen (secondary N) is 1. The monoisotopic (exact) mass is 319 g/mol. The van der Waals surface area contributed by atoms with Crippen LogP contribution in [-0.2, 0) is 11.3 Å². The molecule has 7 nitrogen and oxygen atoms in total. The molecular weight excluding hydrogens is 298 g/mol. The predicted octanol–water partition coefficient (Wildman–Crippen LogP) is 0.484. The lowest BCUT2D eigenvalue weighted by molar-refractivity contribution is -0.121. The smallest absolute Gasteiger partial charge is 0.258 e. The number of amides is 1. The molecule has 0 radical (unpaired) electrons. The van der Waals surface area contributed by atoms with Crippen LogP contribution >= 0.6 is 0 Å². The highest BCUT2D eigenvalue weighted by Gasteiger charge is 2.11. The third kappa shape index (κ3) is 3.81. The van der Waals surface area contributed by atoms with Crippen LogP contribution in [0.2, 0.25) is 0 Å². The van der Waals surface area contributed by atoms with Gasteiger partial charge in [-0.2, -0.15) is 0 Å². The van der Waals surface area contributed by atoms with Gasteiger partial charge in [0.25, 0.3) is 5.56 Å².